The van der Waals surface area contributed by atoms with Crippen LogP contribution in [0, 0.1) is 12.3 Å². The Labute approximate surface area is 116 Å². The van der Waals surface area contributed by atoms with Gasteiger partial charge >= 0.3 is 0 Å². The maximum Gasteiger partial charge on any atom is 0.121 e. The zero-order valence-corrected chi connectivity index (χ0v) is 12.2. The predicted molar refractivity (Wildman–Crippen MR) is 78.9 cm³/mol. The van der Waals surface area contributed by atoms with Gasteiger partial charge in [0, 0.05) is 19.0 Å². The summed E-state index contributed by atoms with van der Waals surface area (Å²) in [6.07, 6.45) is 7.04. The van der Waals surface area contributed by atoms with Gasteiger partial charge in [0.1, 0.15) is 5.75 Å². The van der Waals surface area contributed by atoms with Crippen molar-refractivity contribution in [1.82, 2.24) is 5.32 Å². The lowest BCUT2D eigenvalue weighted by atomic mass is 9.65. The van der Waals surface area contributed by atoms with Gasteiger partial charge in [-0.05, 0) is 42.4 Å². The molecule has 104 valence electrons. The Bertz CT molecular complexity index is 449. The zero-order valence-electron chi connectivity index (χ0n) is 12.2. The van der Waals surface area contributed by atoms with E-state index in [1.807, 2.05) is 0 Å². The van der Waals surface area contributed by atoms with E-state index in [-0.39, 0.29) is 0 Å². The first-order valence-corrected chi connectivity index (χ1v) is 7.60. The molecule has 1 unspecified atom stereocenters. The molecule has 3 rings (SSSR count). The highest BCUT2D eigenvalue weighted by Gasteiger charge is 2.43. The van der Waals surface area contributed by atoms with E-state index in [4.69, 9.17) is 4.74 Å². The molecule has 1 spiro atoms. The molecule has 2 aliphatic rings. The molecule has 1 heterocycles. The van der Waals surface area contributed by atoms with Gasteiger partial charge in [0.2, 0.25) is 0 Å². The molecule has 2 nitrogen and oxygen atoms in total. The van der Waals surface area contributed by atoms with Crippen LogP contribution >= 0.6 is 0 Å². The summed E-state index contributed by atoms with van der Waals surface area (Å²) in [7, 11) is 1.75. The van der Waals surface area contributed by atoms with E-state index >= 15 is 0 Å². The van der Waals surface area contributed by atoms with E-state index in [0.29, 0.717) is 11.3 Å². The van der Waals surface area contributed by atoms with Gasteiger partial charge in [0.05, 0.1) is 7.11 Å². The third-order valence-electron chi connectivity index (χ3n) is 5.24. The number of hydrogen-bond donors (Lipinski definition) is 1. The highest BCUT2D eigenvalue weighted by molar-refractivity contribution is 5.39. The molecule has 1 aromatic rings. The first-order chi connectivity index (χ1) is 9.25. The minimum atomic E-state index is 0.527. The van der Waals surface area contributed by atoms with E-state index in [9.17, 15) is 0 Å². The van der Waals surface area contributed by atoms with Crippen LogP contribution in [0.1, 0.15) is 49.1 Å². The highest BCUT2D eigenvalue weighted by Crippen LogP contribution is 2.49. The summed E-state index contributed by atoms with van der Waals surface area (Å²) in [4.78, 5) is 0. The van der Waals surface area contributed by atoms with Crippen molar-refractivity contribution in [3.05, 3.63) is 29.3 Å². The van der Waals surface area contributed by atoms with Gasteiger partial charge in [-0.3, -0.25) is 0 Å². The fraction of sp³-hybridized carbons (Fsp3) is 0.647. The fourth-order valence-electron chi connectivity index (χ4n) is 4.18. The molecule has 1 saturated carbocycles. The Morgan fingerprint density at radius 1 is 1.21 bits per heavy atom. The molecular weight excluding hydrogens is 234 g/mol. The minimum absolute atomic E-state index is 0.527. The lowest BCUT2D eigenvalue weighted by molar-refractivity contribution is 0.189. The molecule has 1 N–H and O–H groups in total. The van der Waals surface area contributed by atoms with Crippen molar-refractivity contribution in [3.8, 4) is 5.75 Å². The Morgan fingerprint density at radius 3 is 2.68 bits per heavy atom. The van der Waals surface area contributed by atoms with Gasteiger partial charge in [-0.25, -0.2) is 0 Å². The van der Waals surface area contributed by atoms with Crippen molar-refractivity contribution in [2.75, 3.05) is 20.2 Å². The molecule has 19 heavy (non-hydrogen) atoms. The molecule has 1 atom stereocenters. The second kappa shape index (κ2) is 5.16. The first-order valence-electron chi connectivity index (χ1n) is 7.60. The lowest BCUT2D eigenvalue weighted by Gasteiger charge is -2.38. The minimum Gasteiger partial charge on any atom is -0.496 e. The lowest BCUT2D eigenvalue weighted by Crippen LogP contribution is -2.31. The number of aryl methyl sites for hydroxylation is 1. The van der Waals surface area contributed by atoms with Gasteiger partial charge in [0.25, 0.3) is 0 Å². The fourth-order valence-corrected chi connectivity index (χ4v) is 4.18. The average Bonchev–Trinajstić information content (AvgIpc) is 2.82. The van der Waals surface area contributed by atoms with Crippen LogP contribution in [0.25, 0.3) is 0 Å². The SMILES string of the molecule is COc1ccc(C2CNCC23CCCCC3)cc1C. The summed E-state index contributed by atoms with van der Waals surface area (Å²) in [5.41, 5.74) is 3.29. The Hall–Kier alpha value is -1.02. The number of methoxy groups -OCH3 is 1. The molecule has 1 saturated heterocycles. The van der Waals surface area contributed by atoms with Crippen LogP contribution < -0.4 is 10.1 Å². The monoisotopic (exact) mass is 259 g/mol. The van der Waals surface area contributed by atoms with Crippen LogP contribution in [0.15, 0.2) is 18.2 Å². The van der Waals surface area contributed by atoms with Crippen LogP contribution in [-0.4, -0.2) is 20.2 Å². The van der Waals surface area contributed by atoms with Gasteiger partial charge < -0.3 is 10.1 Å². The summed E-state index contributed by atoms with van der Waals surface area (Å²) in [6.45, 7) is 4.51. The van der Waals surface area contributed by atoms with Gasteiger partial charge in [0.15, 0.2) is 0 Å². The van der Waals surface area contributed by atoms with Crippen molar-refractivity contribution >= 4 is 0 Å². The van der Waals surface area contributed by atoms with Crippen molar-refractivity contribution in [2.24, 2.45) is 5.41 Å². The van der Waals surface area contributed by atoms with Crippen LogP contribution in [0.4, 0.5) is 0 Å². The number of benzene rings is 1. The maximum absolute atomic E-state index is 5.38. The van der Waals surface area contributed by atoms with E-state index in [0.717, 1.165) is 12.3 Å². The van der Waals surface area contributed by atoms with E-state index in [2.05, 4.69) is 30.4 Å². The van der Waals surface area contributed by atoms with E-state index < -0.39 is 0 Å². The summed E-state index contributed by atoms with van der Waals surface area (Å²) < 4.78 is 5.38. The normalized spacial score (nSPS) is 25.7. The molecule has 0 bridgehead atoms. The summed E-state index contributed by atoms with van der Waals surface area (Å²) in [5, 5.41) is 3.65. The molecule has 1 aliphatic carbocycles. The van der Waals surface area contributed by atoms with Crippen LogP contribution in [-0.2, 0) is 0 Å². The van der Waals surface area contributed by atoms with Crippen molar-refractivity contribution in [2.45, 2.75) is 44.9 Å². The quantitative estimate of drug-likeness (QED) is 0.875. The molecule has 0 aromatic heterocycles. The smallest absolute Gasteiger partial charge is 0.121 e. The zero-order chi connectivity index (χ0) is 13.3. The van der Waals surface area contributed by atoms with E-state index in [1.165, 1.54) is 49.8 Å². The maximum atomic E-state index is 5.38. The number of ether oxygens (including phenoxy) is 1. The van der Waals surface area contributed by atoms with E-state index in [1.54, 1.807) is 7.11 Å². The van der Waals surface area contributed by atoms with Crippen molar-refractivity contribution in [1.29, 1.82) is 0 Å². The van der Waals surface area contributed by atoms with Gasteiger partial charge in [-0.15, -0.1) is 0 Å². The topological polar surface area (TPSA) is 21.3 Å². The highest BCUT2D eigenvalue weighted by atomic mass is 16.5. The molecule has 0 radical (unpaired) electrons. The van der Waals surface area contributed by atoms with Crippen molar-refractivity contribution < 1.29 is 4.74 Å². The number of hydrogen-bond acceptors (Lipinski definition) is 2. The first kappa shape index (κ1) is 13.0. The summed E-state index contributed by atoms with van der Waals surface area (Å²) >= 11 is 0. The van der Waals surface area contributed by atoms with Crippen LogP contribution in [0.3, 0.4) is 0 Å². The second-order valence-corrected chi connectivity index (χ2v) is 6.34. The Kier molecular flexibility index (Phi) is 3.53. The molecular formula is C17H25NO. The summed E-state index contributed by atoms with van der Waals surface area (Å²) in [6, 6.07) is 6.76. The predicted octanol–water partition coefficient (Wildman–Crippen LogP) is 3.64. The molecule has 2 heteroatoms. The number of nitrogens with one attached hydrogen (secondary N) is 1. The van der Waals surface area contributed by atoms with Gasteiger partial charge in [-0.2, -0.15) is 0 Å². The number of rotatable bonds is 2. The third kappa shape index (κ3) is 2.27. The van der Waals surface area contributed by atoms with Crippen LogP contribution in [0.5, 0.6) is 5.75 Å². The van der Waals surface area contributed by atoms with Gasteiger partial charge in [-0.1, -0.05) is 31.4 Å². The Balaban J connectivity index is 1.90. The standard InChI is InChI=1S/C17H25NO/c1-13-10-14(6-7-16(13)19-2)15-11-18-12-17(15)8-4-3-5-9-17/h6-7,10,15,18H,3-5,8-9,11-12H2,1-2H3. The molecule has 1 aliphatic heterocycles. The van der Waals surface area contributed by atoms with Crippen LogP contribution in [0.2, 0.25) is 0 Å². The second-order valence-electron chi connectivity index (χ2n) is 6.34. The average molecular weight is 259 g/mol. The molecule has 0 amide bonds. The largest absolute Gasteiger partial charge is 0.496 e. The molecule has 1 aromatic carbocycles. The Morgan fingerprint density at radius 2 is 2.00 bits per heavy atom. The summed E-state index contributed by atoms with van der Waals surface area (Å²) in [5.74, 6) is 1.70. The molecule has 2 fully saturated rings. The van der Waals surface area contributed by atoms with Crippen molar-refractivity contribution in [3.63, 3.8) is 0 Å². The third-order valence-corrected chi connectivity index (χ3v) is 5.24.